The van der Waals surface area contributed by atoms with Crippen LogP contribution in [-0.4, -0.2) is 9.97 Å². The third-order valence-corrected chi connectivity index (χ3v) is 13.7. The summed E-state index contributed by atoms with van der Waals surface area (Å²) in [5.41, 5.74) is 18.0. The molecule has 0 bridgehead atoms. The highest BCUT2D eigenvalue weighted by molar-refractivity contribution is 6.14. The topological polar surface area (TPSA) is 25.8 Å². The number of aromatic nitrogens is 2. The molecule has 2 aliphatic rings. The number of nitrogens with zero attached hydrogens (tertiary/aromatic N) is 2. The zero-order valence-electron chi connectivity index (χ0n) is 34.2. The van der Waals surface area contributed by atoms with E-state index in [0.29, 0.717) is 0 Å². The Labute approximate surface area is 350 Å². The molecule has 0 amide bonds. The minimum atomic E-state index is -0.158. The Bertz CT molecular complexity index is 3430. The smallest absolute Gasteiger partial charge is 0.160 e. The van der Waals surface area contributed by atoms with E-state index in [9.17, 15) is 0 Å². The lowest BCUT2D eigenvalue weighted by Gasteiger charge is -2.23. The molecule has 0 unspecified atom stereocenters. The zero-order chi connectivity index (χ0) is 40.3. The molecule has 0 spiro atoms. The molecule has 10 aromatic rings. The first-order valence-electron chi connectivity index (χ1n) is 21.1. The van der Waals surface area contributed by atoms with Crippen LogP contribution in [0.5, 0.6) is 0 Å². The first kappa shape index (κ1) is 34.8. The van der Waals surface area contributed by atoms with Crippen LogP contribution in [0.1, 0.15) is 49.9 Å². The van der Waals surface area contributed by atoms with Crippen molar-refractivity contribution in [1.82, 2.24) is 9.97 Å². The molecule has 9 aromatic carbocycles. The van der Waals surface area contributed by atoms with Gasteiger partial charge in [-0.05, 0) is 112 Å². The molecule has 1 aromatic heterocycles. The van der Waals surface area contributed by atoms with E-state index in [2.05, 4.69) is 210 Å². The van der Waals surface area contributed by atoms with Gasteiger partial charge in [0, 0.05) is 27.5 Å². The Morgan fingerprint density at radius 2 is 0.867 bits per heavy atom. The fourth-order valence-electron chi connectivity index (χ4n) is 10.7. The van der Waals surface area contributed by atoms with Gasteiger partial charge in [-0.2, -0.15) is 0 Å². The minimum Gasteiger partial charge on any atom is -0.228 e. The summed E-state index contributed by atoms with van der Waals surface area (Å²) in [6, 6.07) is 66.8. The Morgan fingerprint density at radius 1 is 0.317 bits per heavy atom. The van der Waals surface area contributed by atoms with Crippen molar-refractivity contribution >= 4 is 32.3 Å². The van der Waals surface area contributed by atoms with E-state index in [0.717, 1.165) is 33.9 Å². The summed E-state index contributed by atoms with van der Waals surface area (Å²) in [4.78, 5) is 10.8. The van der Waals surface area contributed by atoms with Crippen molar-refractivity contribution in [3.8, 4) is 67.3 Å². The van der Waals surface area contributed by atoms with Crippen LogP contribution in [0.15, 0.2) is 182 Å². The standard InChI is InChI=1S/C58H42N2/c1-57(2)48-27-15-14-25-44(48)54-43-24-13-12-23-40(43)46(33-51(54)57)41-29-30-42(39-22-11-10-21-38(39)41)52-34-53(60-56(59-52)35-17-6-5-7-18-35)45-26-16-28-49-55(45)47-31-36-19-8-9-20-37(36)32-50(47)58(49,3)4/h5-34H,1-4H3. The van der Waals surface area contributed by atoms with E-state index in [-0.39, 0.29) is 10.8 Å². The number of rotatable bonds is 4. The van der Waals surface area contributed by atoms with Crippen molar-refractivity contribution in [2.75, 3.05) is 0 Å². The fourth-order valence-corrected chi connectivity index (χ4v) is 10.7. The monoisotopic (exact) mass is 766 g/mol. The van der Waals surface area contributed by atoms with Gasteiger partial charge in [0.25, 0.3) is 0 Å². The highest BCUT2D eigenvalue weighted by atomic mass is 14.9. The summed E-state index contributed by atoms with van der Waals surface area (Å²) in [6.45, 7) is 9.46. The molecule has 1 heterocycles. The quantitative estimate of drug-likeness (QED) is 0.178. The van der Waals surface area contributed by atoms with Gasteiger partial charge in [-0.15, -0.1) is 0 Å². The van der Waals surface area contributed by atoms with Crippen LogP contribution in [0.25, 0.3) is 99.6 Å². The lowest BCUT2D eigenvalue weighted by Crippen LogP contribution is -2.15. The number of benzene rings is 9. The zero-order valence-corrected chi connectivity index (χ0v) is 34.2. The van der Waals surface area contributed by atoms with Gasteiger partial charge in [-0.3, -0.25) is 0 Å². The number of hydrogen-bond acceptors (Lipinski definition) is 2. The first-order chi connectivity index (χ1) is 29.3. The molecular formula is C58H42N2. The molecule has 0 N–H and O–H groups in total. The SMILES string of the molecule is CC1(C)c2cc3ccccc3cc2-c2c(-c3cc(-c4ccc(-c5cc6c(c7ccccc57)-c5ccccc5C6(C)C)c5ccccc45)nc(-c4ccccc4)n3)cccc21. The Kier molecular flexibility index (Phi) is 7.36. The van der Waals surface area contributed by atoms with E-state index >= 15 is 0 Å². The average Bonchev–Trinajstić information content (AvgIpc) is 3.66. The van der Waals surface area contributed by atoms with Gasteiger partial charge in [-0.1, -0.05) is 185 Å². The van der Waals surface area contributed by atoms with Crippen LogP contribution in [0.4, 0.5) is 0 Å². The summed E-state index contributed by atoms with van der Waals surface area (Å²) in [5.74, 6) is 0.719. The Hall–Kier alpha value is -7.16. The van der Waals surface area contributed by atoms with Crippen LogP contribution < -0.4 is 0 Å². The second kappa shape index (κ2) is 12.7. The van der Waals surface area contributed by atoms with Crippen LogP contribution >= 0.6 is 0 Å². The maximum Gasteiger partial charge on any atom is 0.160 e. The van der Waals surface area contributed by atoms with E-state index in [1.807, 2.05) is 0 Å². The van der Waals surface area contributed by atoms with Gasteiger partial charge in [0.15, 0.2) is 5.82 Å². The van der Waals surface area contributed by atoms with E-state index in [1.54, 1.807) is 0 Å². The molecule has 284 valence electrons. The van der Waals surface area contributed by atoms with Gasteiger partial charge in [-0.25, -0.2) is 9.97 Å². The molecule has 0 aliphatic heterocycles. The lowest BCUT2D eigenvalue weighted by molar-refractivity contribution is 0.661. The third kappa shape index (κ3) is 4.94. The predicted octanol–water partition coefficient (Wildman–Crippen LogP) is 15.2. The number of fused-ring (bicyclic) bond motifs is 10. The van der Waals surface area contributed by atoms with E-state index < -0.39 is 0 Å². The Morgan fingerprint density at radius 3 is 1.63 bits per heavy atom. The predicted molar refractivity (Wildman–Crippen MR) is 251 cm³/mol. The van der Waals surface area contributed by atoms with Crippen molar-refractivity contribution in [2.24, 2.45) is 0 Å². The van der Waals surface area contributed by atoms with E-state index in [1.165, 1.54) is 88.0 Å². The largest absolute Gasteiger partial charge is 0.228 e. The van der Waals surface area contributed by atoms with Crippen molar-refractivity contribution in [3.05, 3.63) is 204 Å². The molecule has 0 saturated carbocycles. The van der Waals surface area contributed by atoms with Gasteiger partial charge in [0.2, 0.25) is 0 Å². The molecule has 0 fully saturated rings. The van der Waals surface area contributed by atoms with Gasteiger partial charge in [0.1, 0.15) is 0 Å². The van der Waals surface area contributed by atoms with Crippen molar-refractivity contribution in [2.45, 2.75) is 38.5 Å². The summed E-state index contributed by atoms with van der Waals surface area (Å²) in [7, 11) is 0. The molecule has 60 heavy (non-hydrogen) atoms. The second-order valence-electron chi connectivity index (χ2n) is 17.7. The van der Waals surface area contributed by atoms with Gasteiger partial charge < -0.3 is 0 Å². The molecule has 0 atom stereocenters. The van der Waals surface area contributed by atoms with Crippen molar-refractivity contribution in [3.63, 3.8) is 0 Å². The minimum absolute atomic E-state index is 0.119. The summed E-state index contributed by atoms with van der Waals surface area (Å²) >= 11 is 0. The molecule has 2 aliphatic carbocycles. The van der Waals surface area contributed by atoms with Gasteiger partial charge in [0.05, 0.1) is 11.4 Å². The highest BCUT2D eigenvalue weighted by Crippen LogP contribution is 2.55. The number of hydrogen-bond donors (Lipinski definition) is 0. The molecule has 2 heteroatoms. The molecule has 0 saturated heterocycles. The summed E-state index contributed by atoms with van der Waals surface area (Å²) in [6.07, 6.45) is 0. The van der Waals surface area contributed by atoms with Crippen molar-refractivity contribution in [1.29, 1.82) is 0 Å². The third-order valence-electron chi connectivity index (χ3n) is 13.7. The highest BCUT2D eigenvalue weighted by Gasteiger charge is 2.39. The Balaban J connectivity index is 1.09. The van der Waals surface area contributed by atoms with Crippen LogP contribution in [-0.2, 0) is 10.8 Å². The fraction of sp³-hybridized carbons (Fsp3) is 0.103. The molecule has 12 rings (SSSR count). The first-order valence-corrected chi connectivity index (χ1v) is 21.1. The maximum absolute atomic E-state index is 5.39. The molecule has 0 radical (unpaired) electrons. The van der Waals surface area contributed by atoms with Crippen LogP contribution in [0, 0.1) is 0 Å². The molecule has 2 nitrogen and oxygen atoms in total. The molecular weight excluding hydrogens is 725 g/mol. The second-order valence-corrected chi connectivity index (χ2v) is 17.7. The normalized spacial score (nSPS) is 14.3. The van der Waals surface area contributed by atoms with Crippen LogP contribution in [0.3, 0.4) is 0 Å². The summed E-state index contributed by atoms with van der Waals surface area (Å²) < 4.78 is 0. The summed E-state index contributed by atoms with van der Waals surface area (Å²) in [5, 5.41) is 7.47. The van der Waals surface area contributed by atoms with Gasteiger partial charge >= 0.3 is 0 Å². The van der Waals surface area contributed by atoms with Crippen LogP contribution in [0.2, 0.25) is 0 Å². The van der Waals surface area contributed by atoms with E-state index in [4.69, 9.17) is 9.97 Å². The lowest BCUT2D eigenvalue weighted by atomic mass is 9.80. The maximum atomic E-state index is 5.39. The van der Waals surface area contributed by atoms with Crippen molar-refractivity contribution < 1.29 is 0 Å². The average molecular weight is 767 g/mol.